The number of guanidine groups is 1. The second-order valence-electron chi connectivity index (χ2n) is 5.48. The highest BCUT2D eigenvalue weighted by Gasteiger charge is 2.21. The second-order valence-corrected chi connectivity index (χ2v) is 5.48. The molecule has 1 unspecified atom stereocenters. The van der Waals surface area contributed by atoms with Gasteiger partial charge in [-0.2, -0.15) is 0 Å². The minimum atomic E-state index is 0. The molecule has 120 valence electrons. The fourth-order valence-electron chi connectivity index (χ4n) is 2.34. The fraction of sp³-hybridized carbons (Fsp3) is 0.929. The Morgan fingerprint density at radius 3 is 2.60 bits per heavy atom. The van der Waals surface area contributed by atoms with Crippen molar-refractivity contribution in [3.63, 3.8) is 0 Å². The van der Waals surface area contributed by atoms with Gasteiger partial charge in [0.1, 0.15) is 0 Å². The summed E-state index contributed by atoms with van der Waals surface area (Å²) in [5.41, 5.74) is 0. The first-order valence-corrected chi connectivity index (χ1v) is 7.50. The number of rotatable bonds is 6. The largest absolute Gasteiger partial charge is 0.356 e. The van der Waals surface area contributed by atoms with Gasteiger partial charge in [0.15, 0.2) is 5.96 Å². The zero-order valence-corrected chi connectivity index (χ0v) is 15.8. The number of likely N-dealkylation sites (N-methyl/N-ethyl adjacent to an activating group) is 2. The Labute approximate surface area is 141 Å². The monoisotopic (exact) mass is 397 g/mol. The third-order valence-corrected chi connectivity index (χ3v) is 3.78. The van der Waals surface area contributed by atoms with Crippen molar-refractivity contribution in [3.8, 4) is 0 Å². The molecule has 20 heavy (non-hydrogen) atoms. The molecular formula is C14H32IN5. The number of aliphatic imine (C=N–C) groups is 1. The quantitative estimate of drug-likeness (QED) is 0.306. The van der Waals surface area contributed by atoms with Crippen LogP contribution >= 0.6 is 24.0 Å². The zero-order valence-electron chi connectivity index (χ0n) is 13.5. The van der Waals surface area contributed by atoms with Gasteiger partial charge in [-0.05, 0) is 20.5 Å². The van der Waals surface area contributed by atoms with E-state index >= 15 is 0 Å². The lowest BCUT2D eigenvalue weighted by atomic mass is 10.2. The average Bonchev–Trinajstić information content (AvgIpc) is 2.41. The van der Waals surface area contributed by atoms with E-state index in [1.54, 1.807) is 0 Å². The lowest BCUT2D eigenvalue weighted by Crippen LogP contribution is -2.55. The Balaban J connectivity index is 0.00000361. The van der Waals surface area contributed by atoms with Crippen LogP contribution in [-0.2, 0) is 0 Å². The molecule has 1 saturated heterocycles. The number of unbranched alkanes of at least 4 members (excludes halogenated alkanes) is 2. The molecule has 5 nitrogen and oxygen atoms in total. The van der Waals surface area contributed by atoms with Gasteiger partial charge in [0.25, 0.3) is 0 Å². The van der Waals surface area contributed by atoms with E-state index in [0.717, 1.165) is 38.7 Å². The molecule has 0 aromatic carbocycles. The summed E-state index contributed by atoms with van der Waals surface area (Å²) >= 11 is 0. The van der Waals surface area contributed by atoms with Gasteiger partial charge in [-0.1, -0.05) is 19.8 Å². The Morgan fingerprint density at radius 1 is 1.20 bits per heavy atom. The van der Waals surface area contributed by atoms with Crippen molar-refractivity contribution in [3.05, 3.63) is 0 Å². The third kappa shape index (κ3) is 7.64. The van der Waals surface area contributed by atoms with Crippen molar-refractivity contribution in [2.45, 2.75) is 32.2 Å². The van der Waals surface area contributed by atoms with Crippen LogP contribution < -0.4 is 10.6 Å². The molecule has 0 spiro atoms. The molecule has 6 heteroatoms. The van der Waals surface area contributed by atoms with Crippen molar-refractivity contribution >= 4 is 29.9 Å². The molecule has 0 aromatic rings. The molecule has 0 aliphatic carbocycles. The van der Waals surface area contributed by atoms with Crippen molar-refractivity contribution in [2.75, 3.05) is 53.9 Å². The van der Waals surface area contributed by atoms with Crippen molar-refractivity contribution < 1.29 is 0 Å². The topological polar surface area (TPSA) is 42.9 Å². The van der Waals surface area contributed by atoms with E-state index in [0.29, 0.717) is 6.04 Å². The van der Waals surface area contributed by atoms with Gasteiger partial charge in [-0.15, -0.1) is 24.0 Å². The second kappa shape index (κ2) is 11.6. The predicted molar refractivity (Wildman–Crippen MR) is 98.2 cm³/mol. The molecule has 1 aliphatic rings. The van der Waals surface area contributed by atoms with Crippen LogP contribution in [0.2, 0.25) is 0 Å². The molecule has 1 rings (SSSR count). The third-order valence-electron chi connectivity index (χ3n) is 3.78. The maximum absolute atomic E-state index is 4.28. The summed E-state index contributed by atoms with van der Waals surface area (Å²) in [6, 6.07) is 0.563. The Bertz CT molecular complexity index is 272. The molecule has 1 atom stereocenters. The van der Waals surface area contributed by atoms with E-state index in [2.05, 4.69) is 46.4 Å². The number of piperazine rings is 1. The lowest BCUT2D eigenvalue weighted by molar-refractivity contribution is 0.116. The smallest absolute Gasteiger partial charge is 0.191 e. The van der Waals surface area contributed by atoms with Gasteiger partial charge in [0.2, 0.25) is 0 Å². The van der Waals surface area contributed by atoms with Crippen molar-refractivity contribution in [2.24, 2.45) is 4.99 Å². The first kappa shape index (κ1) is 19.9. The molecule has 0 saturated carbocycles. The van der Waals surface area contributed by atoms with Crippen LogP contribution in [0.25, 0.3) is 0 Å². The molecule has 1 fully saturated rings. The summed E-state index contributed by atoms with van der Waals surface area (Å²) in [7, 11) is 6.24. The van der Waals surface area contributed by atoms with E-state index in [4.69, 9.17) is 0 Å². The van der Waals surface area contributed by atoms with Gasteiger partial charge >= 0.3 is 0 Å². The Morgan fingerprint density at radius 2 is 1.95 bits per heavy atom. The first-order chi connectivity index (χ1) is 9.17. The summed E-state index contributed by atoms with van der Waals surface area (Å²) in [4.78, 5) is 9.10. The lowest BCUT2D eigenvalue weighted by Gasteiger charge is -2.37. The summed E-state index contributed by atoms with van der Waals surface area (Å²) in [5.74, 6) is 0.928. The van der Waals surface area contributed by atoms with E-state index in [9.17, 15) is 0 Å². The molecule has 0 radical (unpaired) electrons. The van der Waals surface area contributed by atoms with Gasteiger partial charge in [0.05, 0.1) is 0 Å². The van der Waals surface area contributed by atoms with Crippen LogP contribution in [0, 0.1) is 0 Å². The summed E-state index contributed by atoms with van der Waals surface area (Å²) < 4.78 is 0. The summed E-state index contributed by atoms with van der Waals surface area (Å²) in [6.07, 6.45) is 3.75. The van der Waals surface area contributed by atoms with Crippen molar-refractivity contribution in [1.82, 2.24) is 20.4 Å². The van der Waals surface area contributed by atoms with E-state index in [1.807, 2.05) is 7.05 Å². The molecule has 0 amide bonds. The first-order valence-electron chi connectivity index (χ1n) is 7.50. The molecule has 2 N–H and O–H groups in total. The van der Waals surface area contributed by atoms with E-state index in [-0.39, 0.29) is 24.0 Å². The summed E-state index contributed by atoms with van der Waals surface area (Å²) in [6.45, 7) is 7.61. The van der Waals surface area contributed by atoms with Crippen LogP contribution in [0.15, 0.2) is 4.99 Å². The molecular weight excluding hydrogens is 365 g/mol. The highest BCUT2D eigenvalue weighted by Crippen LogP contribution is 2.04. The molecule has 0 bridgehead atoms. The van der Waals surface area contributed by atoms with Gasteiger partial charge in [0, 0.05) is 45.8 Å². The Kier molecular flexibility index (Phi) is 11.5. The number of nitrogens with zero attached hydrogens (tertiary/aromatic N) is 3. The number of nitrogens with one attached hydrogen (secondary N) is 2. The minimum absolute atomic E-state index is 0. The van der Waals surface area contributed by atoms with Crippen LogP contribution in [0.1, 0.15) is 26.2 Å². The highest BCUT2D eigenvalue weighted by molar-refractivity contribution is 14.0. The number of hydrogen-bond donors (Lipinski definition) is 2. The molecule has 1 heterocycles. The highest BCUT2D eigenvalue weighted by atomic mass is 127. The number of hydrogen-bond acceptors (Lipinski definition) is 3. The van der Waals surface area contributed by atoms with Gasteiger partial charge in [-0.25, -0.2) is 0 Å². The summed E-state index contributed by atoms with van der Waals surface area (Å²) in [5, 5.41) is 6.81. The standard InChI is InChI=1S/C14H31N5.HI/c1-5-6-7-8-16-14(15-2)17-11-13-12-18(3)9-10-19(13)4;/h13H,5-12H2,1-4H3,(H2,15,16,17);1H. The minimum Gasteiger partial charge on any atom is -0.356 e. The maximum Gasteiger partial charge on any atom is 0.191 e. The van der Waals surface area contributed by atoms with E-state index < -0.39 is 0 Å². The van der Waals surface area contributed by atoms with Crippen LogP contribution in [0.3, 0.4) is 0 Å². The normalized spacial score (nSPS) is 21.4. The fourth-order valence-corrected chi connectivity index (χ4v) is 2.34. The number of halogens is 1. The zero-order chi connectivity index (χ0) is 14.1. The van der Waals surface area contributed by atoms with E-state index in [1.165, 1.54) is 19.3 Å². The molecule has 1 aliphatic heterocycles. The van der Waals surface area contributed by atoms with Gasteiger partial charge in [-0.3, -0.25) is 9.89 Å². The molecule has 0 aromatic heterocycles. The predicted octanol–water partition coefficient (Wildman–Crippen LogP) is 1.21. The van der Waals surface area contributed by atoms with Crippen LogP contribution in [0.4, 0.5) is 0 Å². The van der Waals surface area contributed by atoms with Crippen LogP contribution in [0.5, 0.6) is 0 Å². The Hall–Kier alpha value is -0.0800. The SMILES string of the molecule is CCCCCNC(=NC)NCC1CN(C)CCN1C.I. The average molecular weight is 397 g/mol. The van der Waals surface area contributed by atoms with Crippen molar-refractivity contribution in [1.29, 1.82) is 0 Å². The van der Waals surface area contributed by atoms with Crippen LogP contribution in [-0.4, -0.2) is 75.7 Å². The van der Waals surface area contributed by atoms with Gasteiger partial charge < -0.3 is 15.5 Å². The maximum atomic E-state index is 4.28.